The molecule has 1 N–H and O–H groups in total. The number of piperidine rings is 1. The summed E-state index contributed by atoms with van der Waals surface area (Å²) in [5.74, 6) is 0.630. The van der Waals surface area contributed by atoms with Crippen molar-refractivity contribution in [1.29, 1.82) is 0 Å². The molecule has 3 nitrogen and oxygen atoms in total. The molecule has 0 saturated carbocycles. The van der Waals surface area contributed by atoms with Crippen molar-refractivity contribution in [2.45, 2.75) is 51.5 Å². The first-order valence-corrected chi connectivity index (χ1v) is 8.16. The van der Waals surface area contributed by atoms with Crippen LogP contribution in [0.25, 0.3) is 0 Å². The van der Waals surface area contributed by atoms with Gasteiger partial charge >= 0.3 is 0 Å². The molecule has 0 aromatic heterocycles. The Morgan fingerprint density at radius 1 is 1.29 bits per heavy atom. The van der Waals surface area contributed by atoms with Crippen LogP contribution in [0.5, 0.6) is 0 Å². The van der Waals surface area contributed by atoms with Gasteiger partial charge in [-0.1, -0.05) is 32.4 Å². The molecule has 0 spiro atoms. The summed E-state index contributed by atoms with van der Waals surface area (Å²) in [6, 6.07) is 8.61. The van der Waals surface area contributed by atoms with Crippen molar-refractivity contribution in [1.82, 2.24) is 10.2 Å². The van der Waals surface area contributed by atoms with E-state index < -0.39 is 0 Å². The van der Waals surface area contributed by atoms with Crippen molar-refractivity contribution < 1.29 is 4.79 Å². The zero-order chi connectivity index (χ0) is 15.2. The lowest BCUT2D eigenvalue weighted by Gasteiger charge is -2.26. The molecule has 1 saturated heterocycles. The molecule has 2 rings (SSSR count). The number of rotatable bonds is 5. The van der Waals surface area contributed by atoms with Gasteiger partial charge in [0.15, 0.2) is 0 Å². The highest BCUT2D eigenvalue weighted by Crippen LogP contribution is 2.16. The van der Waals surface area contributed by atoms with Gasteiger partial charge in [0.05, 0.1) is 0 Å². The van der Waals surface area contributed by atoms with E-state index in [4.69, 9.17) is 0 Å². The number of amides is 1. The molecule has 1 atom stereocenters. The minimum absolute atomic E-state index is 0.126. The number of hydrogen-bond acceptors (Lipinski definition) is 2. The molecule has 1 aliphatic heterocycles. The van der Waals surface area contributed by atoms with Crippen molar-refractivity contribution in [3.63, 3.8) is 0 Å². The van der Waals surface area contributed by atoms with Crippen molar-refractivity contribution in [3.8, 4) is 0 Å². The summed E-state index contributed by atoms with van der Waals surface area (Å²) in [5, 5.41) is 3.54. The second-order valence-corrected chi connectivity index (χ2v) is 6.44. The molecule has 0 aliphatic carbocycles. The van der Waals surface area contributed by atoms with E-state index in [1.165, 1.54) is 24.8 Å². The highest BCUT2D eigenvalue weighted by atomic mass is 16.2. The zero-order valence-corrected chi connectivity index (χ0v) is 13.6. The SMILES string of the molecule is CC(C)c1ccc(C(=O)N(C)CCC2CCCCN2)cc1. The highest BCUT2D eigenvalue weighted by molar-refractivity contribution is 5.94. The Morgan fingerprint density at radius 3 is 2.57 bits per heavy atom. The molecule has 1 fully saturated rings. The molecule has 0 radical (unpaired) electrons. The fourth-order valence-corrected chi connectivity index (χ4v) is 2.85. The zero-order valence-electron chi connectivity index (χ0n) is 13.6. The number of benzene rings is 1. The van der Waals surface area contributed by atoms with Crippen LogP contribution >= 0.6 is 0 Å². The molecule has 1 aromatic carbocycles. The van der Waals surface area contributed by atoms with Gasteiger partial charge in [-0.15, -0.1) is 0 Å². The number of hydrogen-bond donors (Lipinski definition) is 1. The predicted molar refractivity (Wildman–Crippen MR) is 87.8 cm³/mol. The molecule has 3 heteroatoms. The molecule has 1 heterocycles. The van der Waals surface area contributed by atoms with E-state index in [0.29, 0.717) is 12.0 Å². The summed E-state index contributed by atoms with van der Waals surface area (Å²) < 4.78 is 0. The van der Waals surface area contributed by atoms with Gasteiger partial charge in [0, 0.05) is 25.2 Å². The Morgan fingerprint density at radius 2 is 2.00 bits per heavy atom. The van der Waals surface area contributed by atoms with E-state index in [0.717, 1.165) is 25.1 Å². The lowest BCUT2D eigenvalue weighted by molar-refractivity contribution is 0.0788. The fourth-order valence-electron chi connectivity index (χ4n) is 2.85. The highest BCUT2D eigenvalue weighted by Gasteiger charge is 2.16. The van der Waals surface area contributed by atoms with Crippen LogP contribution in [-0.4, -0.2) is 37.0 Å². The van der Waals surface area contributed by atoms with E-state index in [1.54, 1.807) is 0 Å². The molecular formula is C18H28N2O. The third kappa shape index (κ3) is 4.57. The van der Waals surface area contributed by atoms with Gasteiger partial charge in [0.1, 0.15) is 0 Å². The molecule has 1 aliphatic rings. The number of carbonyl (C=O) groups excluding carboxylic acids is 1. The normalized spacial score (nSPS) is 18.8. The quantitative estimate of drug-likeness (QED) is 0.900. The van der Waals surface area contributed by atoms with Gasteiger partial charge in [-0.25, -0.2) is 0 Å². The first-order valence-electron chi connectivity index (χ1n) is 8.16. The minimum atomic E-state index is 0.126. The van der Waals surface area contributed by atoms with Crippen LogP contribution in [-0.2, 0) is 0 Å². The Balaban J connectivity index is 1.86. The van der Waals surface area contributed by atoms with Crippen LogP contribution in [0.4, 0.5) is 0 Å². The number of nitrogens with one attached hydrogen (secondary N) is 1. The summed E-state index contributed by atoms with van der Waals surface area (Å²) in [4.78, 5) is 14.3. The lowest BCUT2D eigenvalue weighted by Crippen LogP contribution is -2.38. The third-order valence-electron chi connectivity index (χ3n) is 4.40. The summed E-state index contributed by atoms with van der Waals surface area (Å²) in [5.41, 5.74) is 2.07. The van der Waals surface area contributed by atoms with Gasteiger partial charge in [-0.05, 0) is 49.4 Å². The van der Waals surface area contributed by atoms with E-state index in [2.05, 4.69) is 31.3 Å². The molecule has 1 aromatic rings. The van der Waals surface area contributed by atoms with Crippen LogP contribution in [0.15, 0.2) is 24.3 Å². The van der Waals surface area contributed by atoms with E-state index >= 15 is 0 Å². The first kappa shape index (κ1) is 16.0. The topological polar surface area (TPSA) is 32.3 Å². The summed E-state index contributed by atoms with van der Waals surface area (Å²) in [7, 11) is 1.90. The Kier molecular flexibility index (Phi) is 5.80. The van der Waals surface area contributed by atoms with Crippen LogP contribution in [0, 0.1) is 0 Å². The van der Waals surface area contributed by atoms with Gasteiger partial charge in [-0.2, -0.15) is 0 Å². The Hall–Kier alpha value is -1.35. The maximum Gasteiger partial charge on any atom is 0.253 e. The smallest absolute Gasteiger partial charge is 0.253 e. The van der Waals surface area contributed by atoms with Crippen molar-refractivity contribution >= 4 is 5.91 Å². The summed E-state index contributed by atoms with van der Waals surface area (Å²) >= 11 is 0. The van der Waals surface area contributed by atoms with Crippen LogP contribution in [0.3, 0.4) is 0 Å². The first-order chi connectivity index (χ1) is 10.1. The van der Waals surface area contributed by atoms with Crippen molar-refractivity contribution in [2.24, 2.45) is 0 Å². The monoisotopic (exact) mass is 288 g/mol. The van der Waals surface area contributed by atoms with E-state index in [-0.39, 0.29) is 5.91 Å². The summed E-state index contributed by atoms with van der Waals surface area (Å²) in [6.45, 7) is 6.28. The van der Waals surface area contributed by atoms with E-state index in [1.807, 2.05) is 24.1 Å². The Labute approximate surface area is 128 Å². The van der Waals surface area contributed by atoms with Gasteiger partial charge in [-0.3, -0.25) is 4.79 Å². The standard InChI is InChI=1S/C18H28N2O/c1-14(2)15-7-9-16(10-8-15)18(21)20(3)13-11-17-6-4-5-12-19-17/h7-10,14,17,19H,4-6,11-13H2,1-3H3. The fraction of sp³-hybridized carbons (Fsp3) is 0.611. The number of carbonyl (C=O) groups is 1. The van der Waals surface area contributed by atoms with Crippen LogP contribution in [0.2, 0.25) is 0 Å². The van der Waals surface area contributed by atoms with Gasteiger partial charge in [0.25, 0.3) is 5.91 Å². The van der Waals surface area contributed by atoms with Gasteiger partial charge in [0.2, 0.25) is 0 Å². The molecule has 21 heavy (non-hydrogen) atoms. The van der Waals surface area contributed by atoms with Crippen molar-refractivity contribution in [3.05, 3.63) is 35.4 Å². The molecular weight excluding hydrogens is 260 g/mol. The second-order valence-electron chi connectivity index (χ2n) is 6.44. The summed E-state index contributed by atoms with van der Waals surface area (Å²) in [6.07, 6.45) is 4.89. The lowest BCUT2D eigenvalue weighted by atomic mass is 10.0. The maximum absolute atomic E-state index is 12.4. The number of nitrogens with zero attached hydrogens (tertiary/aromatic N) is 1. The third-order valence-corrected chi connectivity index (χ3v) is 4.40. The van der Waals surface area contributed by atoms with Gasteiger partial charge < -0.3 is 10.2 Å². The minimum Gasteiger partial charge on any atom is -0.342 e. The van der Waals surface area contributed by atoms with E-state index in [9.17, 15) is 4.79 Å². The second kappa shape index (κ2) is 7.60. The molecule has 0 bridgehead atoms. The van der Waals surface area contributed by atoms with Crippen molar-refractivity contribution in [2.75, 3.05) is 20.1 Å². The largest absolute Gasteiger partial charge is 0.342 e. The average molecular weight is 288 g/mol. The van der Waals surface area contributed by atoms with Crippen LogP contribution < -0.4 is 5.32 Å². The molecule has 116 valence electrons. The van der Waals surface area contributed by atoms with Crippen LogP contribution in [0.1, 0.15) is 61.4 Å². The maximum atomic E-state index is 12.4. The predicted octanol–water partition coefficient (Wildman–Crippen LogP) is 3.41. The average Bonchev–Trinajstić information content (AvgIpc) is 2.53. The molecule has 1 unspecified atom stereocenters. The Bertz CT molecular complexity index is 447. The molecule has 1 amide bonds.